The second-order valence-corrected chi connectivity index (χ2v) is 2.53. The lowest BCUT2D eigenvalue weighted by Gasteiger charge is -1.53. The molecule has 0 unspecified atom stereocenters. The van der Waals surface area contributed by atoms with E-state index in [2.05, 4.69) is 41.5 Å². The van der Waals surface area contributed by atoms with Gasteiger partial charge < -0.3 is 5.73 Å². The lowest BCUT2D eigenvalue weighted by atomic mass is 10.6. The van der Waals surface area contributed by atoms with E-state index in [1.165, 1.54) is 19.3 Å². The lowest BCUT2D eigenvalue weighted by Crippen LogP contribution is -1.87. The van der Waals surface area contributed by atoms with Crippen molar-refractivity contribution in [2.24, 2.45) is 5.73 Å². The van der Waals surface area contributed by atoms with Crippen LogP contribution in [-0.4, -0.2) is 6.54 Å². The summed E-state index contributed by atoms with van der Waals surface area (Å²) in [4.78, 5) is 0. The van der Waals surface area contributed by atoms with Crippen LogP contribution in [0.25, 0.3) is 0 Å². The highest BCUT2D eigenvalue weighted by Crippen LogP contribution is 1.56. The Labute approximate surface area is 80.7 Å². The minimum Gasteiger partial charge on any atom is -0.331 e. The highest BCUT2D eigenvalue weighted by Gasteiger charge is 1.36. The van der Waals surface area contributed by atoms with Gasteiger partial charge in [0.05, 0.1) is 0 Å². The van der Waals surface area contributed by atoms with Crippen molar-refractivity contribution in [2.45, 2.75) is 67.7 Å². The van der Waals surface area contributed by atoms with Crippen molar-refractivity contribution in [1.29, 1.82) is 0 Å². The van der Waals surface area contributed by atoms with E-state index >= 15 is 0 Å². The van der Waals surface area contributed by atoms with Crippen molar-refractivity contribution in [3.05, 3.63) is 0 Å². The molecular formula is C11H31N. The largest absolute Gasteiger partial charge is 0.331 e. The Kier molecular flexibility index (Phi) is 131. The lowest BCUT2D eigenvalue weighted by molar-refractivity contribution is 1.09. The molecule has 0 saturated carbocycles. The smallest absolute Gasteiger partial charge is 0.0106 e. The van der Waals surface area contributed by atoms with Crippen molar-refractivity contribution in [3.8, 4) is 0 Å². The average Bonchev–Trinajstić information content (AvgIpc) is 1.92. The zero-order valence-electron chi connectivity index (χ0n) is 10.4. The summed E-state index contributed by atoms with van der Waals surface area (Å²) in [5.74, 6) is 0. The summed E-state index contributed by atoms with van der Waals surface area (Å²) < 4.78 is 0. The molecule has 0 bridgehead atoms. The third-order valence-electron chi connectivity index (χ3n) is 0. The van der Waals surface area contributed by atoms with Crippen LogP contribution in [0, 0.1) is 0 Å². The van der Waals surface area contributed by atoms with E-state index in [-0.39, 0.29) is 0 Å². The van der Waals surface area contributed by atoms with E-state index in [1.54, 1.807) is 0 Å². The zero-order valence-corrected chi connectivity index (χ0v) is 10.4. The third-order valence-corrected chi connectivity index (χ3v) is 0. The van der Waals surface area contributed by atoms with Crippen molar-refractivity contribution in [3.63, 3.8) is 0 Å². The molecule has 80 valence electrons. The van der Waals surface area contributed by atoms with Crippen LogP contribution in [0.1, 0.15) is 67.7 Å². The molecular weight excluding hydrogens is 146 g/mol. The molecule has 0 aromatic rings. The standard InChI is InChI=1S/3C3H8.C2H7N/c3*1-3-2;1-2-3/h3*3H2,1-2H3;2-3H2,1H3. The van der Waals surface area contributed by atoms with Gasteiger partial charge in [-0.05, 0) is 6.54 Å². The first-order valence-corrected chi connectivity index (χ1v) is 5.36. The highest BCUT2D eigenvalue weighted by molar-refractivity contribution is 4.00. The van der Waals surface area contributed by atoms with Crippen LogP contribution in [0.15, 0.2) is 0 Å². The monoisotopic (exact) mass is 177 g/mol. The predicted octanol–water partition coefficient (Wildman–Crippen LogP) is 4.21. The maximum Gasteiger partial charge on any atom is -0.0106 e. The Morgan fingerprint density at radius 1 is 0.583 bits per heavy atom. The van der Waals surface area contributed by atoms with E-state index in [0.717, 1.165) is 6.54 Å². The molecule has 0 amide bonds. The summed E-state index contributed by atoms with van der Waals surface area (Å²) in [6, 6.07) is 0. The minimum atomic E-state index is 0.750. The topological polar surface area (TPSA) is 26.0 Å². The van der Waals surface area contributed by atoms with Crippen LogP contribution in [0.5, 0.6) is 0 Å². The molecule has 0 aromatic carbocycles. The van der Waals surface area contributed by atoms with E-state index in [1.807, 2.05) is 6.92 Å². The number of hydrogen-bond acceptors (Lipinski definition) is 1. The number of rotatable bonds is 0. The van der Waals surface area contributed by atoms with Gasteiger partial charge in [-0.3, -0.25) is 0 Å². The van der Waals surface area contributed by atoms with E-state index in [9.17, 15) is 0 Å². The Balaban J connectivity index is -0.0000000356. The van der Waals surface area contributed by atoms with Gasteiger partial charge in [0.2, 0.25) is 0 Å². The Hall–Kier alpha value is -0.0400. The molecule has 0 aliphatic heterocycles. The van der Waals surface area contributed by atoms with E-state index in [4.69, 9.17) is 5.73 Å². The maximum atomic E-state index is 4.85. The van der Waals surface area contributed by atoms with Crippen LogP contribution in [0.4, 0.5) is 0 Å². The highest BCUT2D eigenvalue weighted by atomic mass is 14.5. The molecule has 0 heterocycles. The van der Waals surface area contributed by atoms with Gasteiger partial charge in [0.25, 0.3) is 0 Å². The van der Waals surface area contributed by atoms with Crippen molar-refractivity contribution >= 4 is 0 Å². The Morgan fingerprint density at radius 3 is 0.583 bits per heavy atom. The van der Waals surface area contributed by atoms with E-state index < -0.39 is 0 Å². The molecule has 1 heteroatoms. The van der Waals surface area contributed by atoms with Crippen molar-refractivity contribution in [2.75, 3.05) is 6.54 Å². The second-order valence-electron chi connectivity index (χ2n) is 2.53. The molecule has 12 heavy (non-hydrogen) atoms. The van der Waals surface area contributed by atoms with Gasteiger partial charge in [-0.25, -0.2) is 0 Å². The van der Waals surface area contributed by atoms with Gasteiger partial charge in [-0.2, -0.15) is 0 Å². The summed E-state index contributed by atoms with van der Waals surface area (Å²) in [6.07, 6.45) is 3.75. The fourth-order valence-corrected chi connectivity index (χ4v) is 0. The van der Waals surface area contributed by atoms with Gasteiger partial charge in [0, 0.05) is 0 Å². The zero-order chi connectivity index (χ0) is 10.8. The second kappa shape index (κ2) is 69.3. The third kappa shape index (κ3) is 500000. The molecule has 1 nitrogen and oxygen atoms in total. The average molecular weight is 177 g/mol. The van der Waals surface area contributed by atoms with Crippen LogP contribution in [0.2, 0.25) is 0 Å². The predicted molar refractivity (Wildman–Crippen MR) is 62.6 cm³/mol. The SMILES string of the molecule is CCC.CCC.CCC.CCN. The first kappa shape index (κ1) is 22.7. The van der Waals surface area contributed by atoms with Gasteiger partial charge >= 0.3 is 0 Å². The number of hydrogen-bond donors (Lipinski definition) is 1. The fourth-order valence-electron chi connectivity index (χ4n) is 0. The molecule has 0 aliphatic rings. The van der Waals surface area contributed by atoms with E-state index in [0.29, 0.717) is 0 Å². The first-order chi connectivity index (χ1) is 5.66. The van der Waals surface area contributed by atoms with Crippen LogP contribution < -0.4 is 5.73 Å². The van der Waals surface area contributed by atoms with Crippen LogP contribution in [0.3, 0.4) is 0 Å². The molecule has 2 N–H and O–H groups in total. The van der Waals surface area contributed by atoms with Gasteiger partial charge in [0.1, 0.15) is 0 Å². The van der Waals surface area contributed by atoms with Gasteiger partial charge in [-0.15, -0.1) is 0 Å². The Morgan fingerprint density at radius 2 is 0.583 bits per heavy atom. The Bertz CT molecular complexity index is 13.0. The molecule has 0 spiro atoms. The molecule has 0 saturated heterocycles. The summed E-state index contributed by atoms with van der Waals surface area (Å²) in [5.41, 5.74) is 4.85. The van der Waals surface area contributed by atoms with Crippen molar-refractivity contribution in [1.82, 2.24) is 0 Å². The molecule has 0 atom stereocenters. The quantitative estimate of drug-likeness (QED) is 0.589. The summed E-state index contributed by atoms with van der Waals surface area (Å²) in [6.45, 7) is 15.4. The van der Waals surface area contributed by atoms with Crippen LogP contribution >= 0.6 is 0 Å². The molecule has 0 aromatic heterocycles. The minimum absolute atomic E-state index is 0.750. The summed E-state index contributed by atoms with van der Waals surface area (Å²) in [5, 5.41) is 0. The fraction of sp³-hybridized carbons (Fsp3) is 1.00. The molecule has 0 radical (unpaired) electrons. The summed E-state index contributed by atoms with van der Waals surface area (Å²) in [7, 11) is 0. The molecule has 0 aliphatic carbocycles. The maximum absolute atomic E-state index is 4.85. The normalized spacial score (nSPS) is 6.00. The van der Waals surface area contributed by atoms with Crippen molar-refractivity contribution < 1.29 is 0 Å². The van der Waals surface area contributed by atoms with Crippen LogP contribution in [-0.2, 0) is 0 Å². The summed E-state index contributed by atoms with van der Waals surface area (Å²) >= 11 is 0. The molecule has 0 rings (SSSR count). The number of nitrogens with two attached hydrogens (primary N) is 1. The van der Waals surface area contributed by atoms with Gasteiger partial charge in [-0.1, -0.05) is 67.7 Å². The molecule has 0 fully saturated rings. The first-order valence-electron chi connectivity index (χ1n) is 5.36. The van der Waals surface area contributed by atoms with Gasteiger partial charge in [0.15, 0.2) is 0 Å².